The van der Waals surface area contributed by atoms with Gasteiger partial charge in [0.15, 0.2) is 0 Å². The number of rotatable bonds is 5. The van der Waals surface area contributed by atoms with Gasteiger partial charge in [0.2, 0.25) is 0 Å². The number of ether oxygens (including phenoxy) is 3. The van der Waals surface area contributed by atoms with Gasteiger partial charge in [-0.15, -0.1) is 0 Å². The lowest BCUT2D eigenvalue weighted by Crippen LogP contribution is -2.19. The van der Waals surface area contributed by atoms with Gasteiger partial charge in [0.05, 0.1) is 19.8 Å². The molecule has 2 saturated carbocycles. The van der Waals surface area contributed by atoms with E-state index in [2.05, 4.69) is 45.0 Å². The summed E-state index contributed by atoms with van der Waals surface area (Å²) in [7, 11) is 3.19. The van der Waals surface area contributed by atoms with E-state index in [-0.39, 0.29) is 5.16 Å². The molecule has 154 valence electrons. The zero-order chi connectivity index (χ0) is 20.3. The molecule has 4 heteroatoms. The van der Waals surface area contributed by atoms with Gasteiger partial charge < -0.3 is 14.2 Å². The minimum Gasteiger partial charge on any atom is -0.496 e. The molecule has 0 amide bonds. The van der Waals surface area contributed by atoms with Gasteiger partial charge in [0.25, 0.3) is 0 Å². The van der Waals surface area contributed by atoms with E-state index in [0.717, 1.165) is 29.2 Å². The Kier molecular flexibility index (Phi) is 4.59. The minimum absolute atomic E-state index is 0.185. The molecule has 5 rings (SSSR count). The Labute approximate surface area is 175 Å². The van der Waals surface area contributed by atoms with Crippen molar-refractivity contribution in [2.24, 2.45) is 0 Å². The fourth-order valence-electron chi connectivity index (χ4n) is 4.62. The number of hydrogen-bond donors (Lipinski definition) is 0. The van der Waals surface area contributed by atoms with E-state index in [4.69, 9.17) is 14.2 Å². The summed E-state index contributed by atoms with van der Waals surface area (Å²) in [5, 5.41) is 1.56. The van der Waals surface area contributed by atoms with Crippen molar-refractivity contribution in [1.29, 1.82) is 0 Å². The molecule has 0 unspecified atom stereocenters. The Hall–Kier alpha value is -1.73. The molecule has 2 aromatic carbocycles. The average Bonchev–Trinajstić information content (AvgIpc) is 3.61. The molecule has 0 saturated heterocycles. The van der Waals surface area contributed by atoms with Gasteiger partial charge >= 0.3 is 0 Å². The molecule has 29 heavy (non-hydrogen) atoms. The third-order valence-electron chi connectivity index (χ3n) is 6.43. The van der Waals surface area contributed by atoms with Crippen molar-refractivity contribution < 1.29 is 14.2 Å². The first-order valence-electron chi connectivity index (χ1n) is 10.8. The van der Waals surface area contributed by atoms with Crippen LogP contribution >= 0.6 is 7.92 Å². The van der Waals surface area contributed by atoms with Gasteiger partial charge in [-0.3, -0.25) is 0 Å². The lowest BCUT2D eigenvalue weighted by molar-refractivity contribution is 0.391. The highest BCUT2D eigenvalue weighted by molar-refractivity contribution is 7.67. The molecule has 1 atom stereocenters. The second-order valence-corrected chi connectivity index (χ2v) is 12.5. The van der Waals surface area contributed by atoms with Crippen molar-refractivity contribution in [1.82, 2.24) is 0 Å². The van der Waals surface area contributed by atoms with Crippen LogP contribution in [0.4, 0.5) is 0 Å². The summed E-state index contributed by atoms with van der Waals surface area (Å²) in [4.78, 5) is 0. The van der Waals surface area contributed by atoms with Gasteiger partial charge in [0, 0.05) is 10.9 Å². The molecule has 3 aliphatic rings. The topological polar surface area (TPSA) is 27.7 Å². The van der Waals surface area contributed by atoms with Gasteiger partial charge in [0.1, 0.15) is 23.6 Å². The first kappa shape index (κ1) is 19.2. The molecule has 3 nitrogen and oxygen atoms in total. The van der Waals surface area contributed by atoms with E-state index in [0.29, 0.717) is 11.8 Å². The van der Waals surface area contributed by atoms with Crippen molar-refractivity contribution in [3.8, 4) is 28.4 Å². The summed E-state index contributed by atoms with van der Waals surface area (Å²) in [5.41, 5.74) is 5.16. The van der Waals surface area contributed by atoms with Crippen LogP contribution in [-0.2, 0) is 0 Å². The monoisotopic (exact) mass is 410 g/mol. The van der Waals surface area contributed by atoms with Crippen molar-refractivity contribution in [2.75, 3.05) is 20.6 Å². The Morgan fingerprint density at radius 1 is 0.931 bits per heavy atom. The molecule has 2 aliphatic carbocycles. The Morgan fingerprint density at radius 2 is 1.52 bits per heavy atom. The molecule has 0 radical (unpaired) electrons. The highest BCUT2D eigenvalue weighted by Crippen LogP contribution is 2.60. The van der Waals surface area contributed by atoms with Crippen LogP contribution in [0, 0.1) is 0 Å². The third kappa shape index (κ3) is 3.22. The maximum absolute atomic E-state index is 6.17. The van der Waals surface area contributed by atoms with Gasteiger partial charge in [-0.1, -0.05) is 32.9 Å². The highest BCUT2D eigenvalue weighted by atomic mass is 31.1. The van der Waals surface area contributed by atoms with Crippen molar-refractivity contribution >= 4 is 13.2 Å². The first-order valence-corrected chi connectivity index (χ1v) is 12.3. The normalized spacial score (nSPS) is 20.9. The summed E-state index contributed by atoms with van der Waals surface area (Å²) in [6.45, 7) is 7.00. The number of benzene rings is 2. The molecule has 1 aliphatic heterocycles. The quantitative estimate of drug-likeness (QED) is 0.535. The van der Waals surface area contributed by atoms with Crippen LogP contribution in [0.1, 0.15) is 69.4 Å². The third-order valence-corrected chi connectivity index (χ3v) is 9.44. The molecule has 2 fully saturated rings. The zero-order valence-electron chi connectivity index (χ0n) is 18.2. The molecule has 0 N–H and O–H groups in total. The minimum atomic E-state index is -0.433. The maximum atomic E-state index is 6.17. The SMILES string of the molecule is COc1c(C2CC2)cc(C2CC2)c(OC)c1-c1cccc2c1[P@@](C(C)(C)C)CO2. The summed E-state index contributed by atoms with van der Waals surface area (Å²) >= 11 is 0. The van der Waals surface area contributed by atoms with E-state index >= 15 is 0 Å². The largest absolute Gasteiger partial charge is 0.496 e. The lowest BCUT2D eigenvalue weighted by Gasteiger charge is -2.29. The zero-order valence-corrected chi connectivity index (χ0v) is 19.1. The summed E-state index contributed by atoms with van der Waals surface area (Å²) in [6, 6.07) is 8.89. The van der Waals surface area contributed by atoms with Crippen LogP contribution < -0.4 is 19.5 Å². The Bertz CT molecular complexity index is 913. The summed E-state index contributed by atoms with van der Waals surface area (Å²) in [5.74, 6) is 4.32. The molecule has 0 bridgehead atoms. The Morgan fingerprint density at radius 3 is 2.00 bits per heavy atom. The van der Waals surface area contributed by atoms with E-state index in [1.807, 2.05) is 14.2 Å². The molecule has 1 heterocycles. The fourth-order valence-corrected chi connectivity index (χ4v) is 6.95. The van der Waals surface area contributed by atoms with Crippen LogP contribution in [0.15, 0.2) is 24.3 Å². The van der Waals surface area contributed by atoms with Crippen LogP contribution in [0.3, 0.4) is 0 Å². The molecule has 0 spiro atoms. The maximum Gasteiger partial charge on any atom is 0.133 e. The smallest absolute Gasteiger partial charge is 0.133 e. The number of methoxy groups -OCH3 is 2. The number of hydrogen-bond acceptors (Lipinski definition) is 3. The lowest BCUT2D eigenvalue weighted by atomic mass is 9.92. The van der Waals surface area contributed by atoms with Gasteiger partial charge in [-0.25, -0.2) is 0 Å². The van der Waals surface area contributed by atoms with Crippen LogP contribution in [0.5, 0.6) is 17.2 Å². The van der Waals surface area contributed by atoms with Crippen molar-refractivity contribution in [3.63, 3.8) is 0 Å². The van der Waals surface area contributed by atoms with Crippen molar-refractivity contribution in [3.05, 3.63) is 35.4 Å². The van der Waals surface area contributed by atoms with Crippen molar-refractivity contribution in [2.45, 2.75) is 63.4 Å². The van der Waals surface area contributed by atoms with E-state index in [1.54, 1.807) is 0 Å². The van der Waals surface area contributed by atoms with Crippen LogP contribution in [0.2, 0.25) is 0 Å². The van der Waals surface area contributed by atoms with E-state index < -0.39 is 7.92 Å². The number of fused-ring (bicyclic) bond motifs is 1. The predicted octanol–water partition coefficient (Wildman–Crippen LogP) is 6.38. The molecule has 0 aromatic heterocycles. The fraction of sp³-hybridized carbons (Fsp3) is 0.520. The first-order chi connectivity index (χ1) is 13.9. The van der Waals surface area contributed by atoms with Gasteiger partial charge in [-0.2, -0.15) is 0 Å². The second-order valence-electron chi connectivity index (χ2n) is 9.57. The van der Waals surface area contributed by atoms with E-state index in [9.17, 15) is 0 Å². The van der Waals surface area contributed by atoms with Crippen LogP contribution in [0.25, 0.3) is 11.1 Å². The highest BCUT2D eigenvalue weighted by Gasteiger charge is 2.40. The van der Waals surface area contributed by atoms with E-state index in [1.165, 1.54) is 47.7 Å². The molecular weight excluding hydrogens is 379 g/mol. The second kappa shape index (κ2) is 6.91. The average molecular weight is 410 g/mol. The summed E-state index contributed by atoms with van der Waals surface area (Å²) < 4.78 is 18.4. The molecular formula is C25H31O3P. The standard InChI is InChI=1S/C25H31O3P/c1-25(2,3)29-14-28-20-8-6-7-17(24(20)29)21-22(26-4)18(15-9-10-15)13-19(16-11-12-16)23(21)27-5/h6-8,13,15-16H,9-12,14H2,1-5H3/t29-/m0/s1. The molecule has 2 aromatic rings. The van der Waals surface area contributed by atoms with Crippen LogP contribution in [-0.4, -0.2) is 25.7 Å². The summed E-state index contributed by atoms with van der Waals surface area (Å²) in [6.07, 6.45) is 5.84. The predicted molar refractivity (Wildman–Crippen MR) is 121 cm³/mol. The van der Waals surface area contributed by atoms with Gasteiger partial charge in [-0.05, 0) is 73.9 Å². The Balaban J connectivity index is 1.80.